The van der Waals surface area contributed by atoms with E-state index in [1.807, 2.05) is 30.3 Å². The lowest BCUT2D eigenvalue weighted by Gasteiger charge is -2.20. The number of aromatic nitrogens is 1. The lowest BCUT2D eigenvalue weighted by Crippen LogP contribution is -2.30. The molecule has 2 heterocycles. The highest BCUT2D eigenvalue weighted by Gasteiger charge is 2.40. The van der Waals surface area contributed by atoms with E-state index in [4.69, 9.17) is 9.57 Å². The molecule has 0 saturated carbocycles. The Hall–Kier alpha value is -3.19. The number of hydrogen-bond donors (Lipinski definition) is 0. The van der Waals surface area contributed by atoms with Crippen LogP contribution in [0.25, 0.3) is 10.9 Å². The van der Waals surface area contributed by atoms with Crippen LogP contribution in [0.4, 0.5) is 9.18 Å². The summed E-state index contributed by atoms with van der Waals surface area (Å²) in [6.45, 7) is 0. The first-order valence-electron chi connectivity index (χ1n) is 8.03. The van der Waals surface area contributed by atoms with Crippen molar-refractivity contribution in [3.63, 3.8) is 0 Å². The number of carbonyl (C=O) groups excluding carboxylic acids is 2. The molecule has 1 unspecified atom stereocenters. The van der Waals surface area contributed by atoms with Gasteiger partial charge in [0.15, 0.2) is 0 Å². The molecule has 1 aliphatic heterocycles. The van der Waals surface area contributed by atoms with E-state index in [1.165, 1.54) is 35.9 Å². The first-order valence-corrected chi connectivity index (χ1v) is 8.03. The van der Waals surface area contributed by atoms with Gasteiger partial charge in [-0.1, -0.05) is 18.2 Å². The fourth-order valence-corrected chi connectivity index (χ4v) is 3.21. The van der Waals surface area contributed by atoms with Crippen LogP contribution in [-0.2, 0) is 9.63 Å². The van der Waals surface area contributed by atoms with Crippen molar-refractivity contribution in [3.8, 4) is 5.75 Å². The van der Waals surface area contributed by atoms with Gasteiger partial charge >= 0.3 is 12.0 Å². The zero-order valence-corrected chi connectivity index (χ0v) is 13.9. The van der Waals surface area contributed by atoms with Crippen LogP contribution in [0.1, 0.15) is 18.2 Å². The van der Waals surface area contributed by atoms with Gasteiger partial charge in [-0.25, -0.2) is 9.18 Å². The number of esters is 1. The smallest absolute Gasteiger partial charge is 0.353 e. The normalized spacial score (nSPS) is 16.2. The molecule has 1 aromatic heterocycles. The quantitative estimate of drug-likeness (QED) is 0.530. The second-order valence-electron chi connectivity index (χ2n) is 5.90. The highest BCUT2D eigenvalue weighted by Crippen LogP contribution is 2.37. The SMILES string of the molecule is CON1C(=O)n2c(cc3ccccc32)C1CC(=O)Oc1ccc(F)cc1. The Labute approximate surface area is 148 Å². The van der Waals surface area contributed by atoms with Crippen LogP contribution in [0.5, 0.6) is 5.75 Å². The maximum absolute atomic E-state index is 13.0. The fourth-order valence-electron chi connectivity index (χ4n) is 3.21. The van der Waals surface area contributed by atoms with Crippen molar-refractivity contribution in [1.82, 2.24) is 9.63 Å². The predicted molar refractivity (Wildman–Crippen MR) is 91.0 cm³/mol. The minimum Gasteiger partial charge on any atom is -0.426 e. The summed E-state index contributed by atoms with van der Waals surface area (Å²) in [5, 5.41) is 2.07. The molecule has 4 rings (SSSR count). The number of ether oxygens (including phenoxy) is 1. The predicted octanol–water partition coefficient (Wildman–Crippen LogP) is 3.66. The Bertz CT molecular complexity index is 996. The number of benzene rings is 2. The molecule has 0 aliphatic carbocycles. The second-order valence-corrected chi connectivity index (χ2v) is 5.90. The molecule has 26 heavy (non-hydrogen) atoms. The van der Waals surface area contributed by atoms with E-state index in [-0.39, 0.29) is 18.2 Å². The van der Waals surface area contributed by atoms with Crippen LogP contribution in [0.2, 0.25) is 0 Å². The van der Waals surface area contributed by atoms with Crippen LogP contribution in [0, 0.1) is 5.82 Å². The molecule has 0 bridgehead atoms. The first-order chi connectivity index (χ1) is 12.6. The molecule has 0 spiro atoms. The number of carbonyl (C=O) groups is 2. The lowest BCUT2D eigenvalue weighted by atomic mass is 10.1. The average Bonchev–Trinajstić information content (AvgIpc) is 3.13. The van der Waals surface area contributed by atoms with Crippen LogP contribution in [0.15, 0.2) is 54.6 Å². The number of fused-ring (bicyclic) bond motifs is 3. The summed E-state index contributed by atoms with van der Waals surface area (Å²) in [5.74, 6) is -0.721. The van der Waals surface area contributed by atoms with E-state index < -0.39 is 17.8 Å². The molecule has 3 aromatic rings. The molecule has 6 nitrogen and oxygen atoms in total. The monoisotopic (exact) mass is 354 g/mol. The summed E-state index contributed by atoms with van der Waals surface area (Å²) in [5.41, 5.74) is 1.41. The molecule has 2 aromatic carbocycles. The van der Waals surface area contributed by atoms with Gasteiger partial charge < -0.3 is 4.74 Å². The number of hydroxylamine groups is 2. The van der Waals surface area contributed by atoms with Crippen molar-refractivity contribution in [2.24, 2.45) is 0 Å². The van der Waals surface area contributed by atoms with E-state index in [9.17, 15) is 14.0 Å². The number of para-hydroxylation sites is 1. The highest BCUT2D eigenvalue weighted by molar-refractivity contribution is 5.95. The second kappa shape index (κ2) is 6.27. The largest absolute Gasteiger partial charge is 0.426 e. The molecule has 1 amide bonds. The summed E-state index contributed by atoms with van der Waals surface area (Å²) in [7, 11) is 1.38. The minimum atomic E-state index is -0.604. The molecule has 0 saturated heterocycles. The van der Waals surface area contributed by atoms with Gasteiger partial charge in [0.2, 0.25) is 0 Å². The Morgan fingerprint density at radius 3 is 2.62 bits per heavy atom. The van der Waals surface area contributed by atoms with Crippen LogP contribution in [-0.4, -0.2) is 28.7 Å². The highest BCUT2D eigenvalue weighted by atomic mass is 19.1. The number of rotatable bonds is 4. The van der Waals surface area contributed by atoms with Gasteiger partial charge in [-0.05, 0) is 36.4 Å². The minimum absolute atomic E-state index is 0.0900. The lowest BCUT2D eigenvalue weighted by molar-refractivity contribution is -0.143. The van der Waals surface area contributed by atoms with Crippen LogP contribution >= 0.6 is 0 Å². The number of halogens is 1. The Kier molecular flexibility index (Phi) is 3.93. The molecule has 0 N–H and O–H groups in total. The Morgan fingerprint density at radius 1 is 1.15 bits per heavy atom. The van der Waals surface area contributed by atoms with Crippen molar-refractivity contribution in [2.45, 2.75) is 12.5 Å². The molecule has 7 heteroatoms. The zero-order chi connectivity index (χ0) is 18.3. The van der Waals surface area contributed by atoms with Crippen molar-refractivity contribution in [2.75, 3.05) is 7.11 Å². The van der Waals surface area contributed by atoms with E-state index in [0.717, 1.165) is 16.0 Å². The first kappa shape index (κ1) is 16.3. The van der Waals surface area contributed by atoms with Gasteiger partial charge in [0, 0.05) is 5.39 Å². The molecular weight excluding hydrogens is 339 g/mol. The van der Waals surface area contributed by atoms with Gasteiger partial charge in [0.05, 0.1) is 24.7 Å². The standard InChI is InChI=1S/C19H15FN2O4/c1-25-22-17(11-18(23)26-14-8-6-13(20)7-9-14)16-10-12-4-2-3-5-15(12)21(16)19(22)24/h2-10,17H,11H2,1H3. The molecule has 1 aliphatic rings. The summed E-state index contributed by atoms with van der Waals surface area (Å²) in [6, 6.07) is 13.5. The van der Waals surface area contributed by atoms with E-state index in [1.54, 1.807) is 0 Å². The van der Waals surface area contributed by atoms with Gasteiger partial charge in [0.25, 0.3) is 0 Å². The van der Waals surface area contributed by atoms with E-state index in [0.29, 0.717) is 5.69 Å². The maximum atomic E-state index is 13.0. The average molecular weight is 354 g/mol. The van der Waals surface area contributed by atoms with Crippen molar-refractivity contribution >= 4 is 22.9 Å². The van der Waals surface area contributed by atoms with E-state index >= 15 is 0 Å². The number of hydrogen-bond acceptors (Lipinski definition) is 4. The summed E-state index contributed by atoms with van der Waals surface area (Å²) in [4.78, 5) is 30.2. The molecule has 132 valence electrons. The third kappa shape index (κ3) is 2.62. The molecule has 0 radical (unpaired) electrons. The maximum Gasteiger partial charge on any atom is 0.353 e. The van der Waals surface area contributed by atoms with Gasteiger partial charge in [-0.3, -0.25) is 14.2 Å². The third-order valence-electron chi connectivity index (χ3n) is 4.35. The number of amides is 1. The summed E-state index contributed by atoms with van der Waals surface area (Å²) >= 11 is 0. The Morgan fingerprint density at radius 2 is 1.88 bits per heavy atom. The molecule has 1 atom stereocenters. The number of nitrogens with zero attached hydrogens (tertiary/aromatic N) is 2. The van der Waals surface area contributed by atoms with Gasteiger partial charge in [-0.2, -0.15) is 5.06 Å². The van der Waals surface area contributed by atoms with Crippen LogP contribution < -0.4 is 4.74 Å². The molecular formula is C19H15FN2O4. The zero-order valence-electron chi connectivity index (χ0n) is 13.9. The van der Waals surface area contributed by atoms with E-state index in [2.05, 4.69) is 0 Å². The fraction of sp³-hybridized carbons (Fsp3) is 0.158. The molecule has 0 fully saturated rings. The Balaban J connectivity index is 1.62. The van der Waals surface area contributed by atoms with Crippen molar-refractivity contribution < 1.29 is 23.6 Å². The summed E-state index contributed by atoms with van der Waals surface area (Å²) < 4.78 is 19.7. The topological polar surface area (TPSA) is 60.8 Å². The summed E-state index contributed by atoms with van der Waals surface area (Å²) in [6.07, 6.45) is -0.0900. The van der Waals surface area contributed by atoms with Crippen molar-refractivity contribution in [3.05, 3.63) is 66.1 Å². The van der Waals surface area contributed by atoms with Gasteiger partial charge in [-0.15, -0.1) is 0 Å². The van der Waals surface area contributed by atoms with Crippen molar-refractivity contribution in [1.29, 1.82) is 0 Å². The van der Waals surface area contributed by atoms with Crippen LogP contribution in [0.3, 0.4) is 0 Å². The third-order valence-corrected chi connectivity index (χ3v) is 4.35. The van der Waals surface area contributed by atoms with Gasteiger partial charge in [0.1, 0.15) is 17.6 Å².